The first-order valence-electron chi connectivity index (χ1n) is 7.32. The Balaban J connectivity index is 1.79. The molecule has 0 radical (unpaired) electrons. The Morgan fingerprint density at radius 1 is 1.04 bits per heavy atom. The molecule has 122 valence electrons. The van der Waals surface area contributed by atoms with Crippen molar-refractivity contribution in [1.82, 2.24) is 15.3 Å². The SMILES string of the molecule is O=C(NC(Cc1ccccc1)C(=O)O)c1ccc2[nH]c(=O)[nH]c2c1. The van der Waals surface area contributed by atoms with E-state index >= 15 is 0 Å². The fourth-order valence-electron chi connectivity index (χ4n) is 2.47. The highest BCUT2D eigenvalue weighted by molar-refractivity contribution is 5.99. The molecule has 0 saturated carbocycles. The fourth-order valence-corrected chi connectivity index (χ4v) is 2.47. The lowest BCUT2D eigenvalue weighted by molar-refractivity contribution is -0.139. The highest BCUT2D eigenvalue weighted by Crippen LogP contribution is 2.11. The summed E-state index contributed by atoms with van der Waals surface area (Å²) in [5, 5.41) is 11.9. The standard InChI is InChI=1S/C17H15N3O4/c21-15(11-6-7-12-13(9-11)20-17(24)19-12)18-14(16(22)23)8-10-4-2-1-3-5-10/h1-7,9,14H,8H2,(H,18,21)(H,22,23)(H2,19,20,24). The number of aromatic amines is 2. The van der Waals surface area contributed by atoms with Crippen LogP contribution in [0.3, 0.4) is 0 Å². The van der Waals surface area contributed by atoms with Crippen LogP contribution < -0.4 is 11.0 Å². The van der Waals surface area contributed by atoms with Crippen LogP contribution in [0.2, 0.25) is 0 Å². The molecule has 4 N–H and O–H groups in total. The topological polar surface area (TPSA) is 115 Å². The highest BCUT2D eigenvalue weighted by Gasteiger charge is 2.21. The lowest BCUT2D eigenvalue weighted by Crippen LogP contribution is -2.42. The molecule has 7 nitrogen and oxygen atoms in total. The number of H-pyrrole nitrogens is 2. The number of aromatic nitrogens is 2. The summed E-state index contributed by atoms with van der Waals surface area (Å²) in [5.41, 5.74) is 1.79. The van der Waals surface area contributed by atoms with Crippen molar-refractivity contribution in [3.05, 3.63) is 70.1 Å². The van der Waals surface area contributed by atoms with Gasteiger partial charge in [-0.2, -0.15) is 0 Å². The summed E-state index contributed by atoms with van der Waals surface area (Å²) in [7, 11) is 0. The summed E-state index contributed by atoms with van der Waals surface area (Å²) in [5.74, 6) is -1.62. The van der Waals surface area contributed by atoms with Crippen molar-refractivity contribution in [2.24, 2.45) is 0 Å². The molecule has 1 atom stereocenters. The molecule has 1 aromatic heterocycles. The van der Waals surface area contributed by atoms with Crippen LogP contribution in [0.25, 0.3) is 11.0 Å². The molecule has 3 rings (SSSR count). The number of hydrogen-bond acceptors (Lipinski definition) is 3. The van der Waals surface area contributed by atoms with Gasteiger partial charge in [-0.3, -0.25) is 4.79 Å². The maximum Gasteiger partial charge on any atom is 0.326 e. The Hall–Kier alpha value is -3.35. The number of aliphatic carboxylic acids is 1. The zero-order valence-electron chi connectivity index (χ0n) is 12.6. The van der Waals surface area contributed by atoms with Crippen molar-refractivity contribution in [3.8, 4) is 0 Å². The number of fused-ring (bicyclic) bond motifs is 1. The highest BCUT2D eigenvalue weighted by atomic mass is 16.4. The second-order valence-corrected chi connectivity index (χ2v) is 5.39. The van der Waals surface area contributed by atoms with E-state index in [2.05, 4.69) is 15.3 Å². The Morgan fingerprint density at radius 2 is 1.75 bits per heavy atom. The van der Waals surface area contributed by atoms with Crippen LogP contribution in [-0.4, -0.2) is 33.0 Å². The van der Waals surface area contributed by atoms with Gasteiger partial charge in [0.25, 0.3) is 5.91 Å². The first kappa shape index (κ1) is 15.5. The first-order chi connectivity index (χ1) is 11.5. The number of carboxylic acid groups (broad SMARTS) is 1. The summed E-state index contributed by atoms with van der Waals surface area (Å²) >= 11 is 0. The van der Waals surface area contributed by atoms with E-state index in [1.54, 1.807) is 18.2 Å². The molecule has 0 aliphatic carbocycles. The van der Waals surface area contributed by atoms with Gasteiger partial charge in [-0.15, -0.1) is 0 Å². The third kappa shape index (κ3) is 3.35. The van der Waals surface area contributed by atoms with Gasteiger partial charge in [0.15, 0.2) is 0 Å². The van der Waals surface area contributed by atoms with Gasteiger partial charge in [-0.25, -0.2) is 9.59 Å². The molecule has 1 amide bonds. The number of imidazole rings is 1. The number of carbonyl (C=O) groups excluding carboxylic acids is 1. The molecule has 2 aromatic carbocycles. The lowest BCUT2D eigenvalue weighted by atomic mass is 10.1. The Bertz CT molecular complexity index is 943. The van der Waals surface area contributed by atoms with Crippen LogP contribution in [0, 0.1) is 0 Å². The van der Waals surface area contributed by atoms with Crippen LogP contribution in [0.1, 0.15) is 15.9 Å². The summed E-state index contributed by atoms with van der Waals surface area (Å²) in [4.78, 5) is 40.1. The van der Waals surface area contributed by atoms with Crippen molar-refractivity contribution in [2.75, 3.05) is 0 Å². The molecule has 0 saturated heterocycles. The third-order valence-electron chi connectivity index (χ3n) is 3.66. The second-order valence-electron chi connectivity index (χ2n) is 5.39. The van der Waals surface area contributed by atoms with Gasteiger partial charge < -0.3 is 20.4 Å². The molecule has 24 heavy (non-hydrogen) atoms. The van der Waals surface area contributed by atoms with Gasteiger partial charge in [0.2, 0.25) is 0 Å². The number of amides is 1. The van der Waals surface area contributed by atoms with E-state index in [4.69, 9.17) is 0 Å². The van der Waals surface area contributed by atoms with E-state index in [-0.39, 0.29) is 17.7 Å². The predicted molar refractivity (Wildman–Crippen MR) is 88.0 cm³/mol. The molecule has 1 unspecified atom stereocenters. The van der Waals surface area contributed by atoms with Gasteiger partial charge in [0.1, 0.15) is 6.04 Å². The molecule has 3 aromatic rings. The second kappa shape index (κ2) is 6.41. The average molecular weight is 325 g/mol. The summed E-state index contributed by atoms with van der Waals surface area (Å²) in [6.07, 6.45) is 0.186. The van der Waals surface area contributed by atoms with E-state index in [0.29, 0.717) is 11.0 Å². The Morgan fingerprint density at radius 3 is 2.46 bits per heavy atom. The average Bonchev–Trinajstić information content (AvgIpc) is 2.94. The van der Waals surface area contributed by atoms with E-state index in [1.807, 2.05) is 18.2 Å². The number of benzene rings is 2. The largest absolute Gasteiger partial charge is 0.480 e. The molecule has 7 heteroatoms. The van der Waals surface area contributed by atoms with Crippen molar-refractivity contribution in [2.45, 2.75) is 12.5 Å². The molecule has 0 aliphatic heterocycles. The maximum absolute atomic E-state index is 12.3. The fraction of sp³-hybridized carbons (Fsp3) is 0.118. The van der Waals surface area contributed by atoms with Crippen molar-refractivity contribution < 1.29 is 14.7 Å². The van der Waals surface area contributed by atoms with Gasteiger partial charge >= 0.3 is 11.7 Å². The van der Waals surface area contributed by atoms with Gasteiger partial charge in [-0.05, 0) is 23.8 Å². The smallest absolute Gasteiger partial charge is 0.326 e. The van der Waals surface area contributed by atoms with Crippen molar-refractivity contribution in [1.29, 1.82) is 0 Å². The van der Waals surface area contributed by atoms with Crippen LogP contribution >= 0.6 is 0 Å². The number of carbonyl (C=O) groups is 2. The molecular formula is C17H15N3O4. The number of rotatable bonds is 5. The third-order valence-corrected chi connectivity index (χ3v) is 3.66. The minimum Gasteiger partial charge on any atom is -0.480 e. The van der Waals surface area contributed by atoms with E-state index in [9.17, 15) is 19.5 Å². The number of carboxylic acids is 1. The predicted octanol–water partition coefficient (Wildman–Crippen LogP) is 1.28. The van der Waals surface area contributed by atoms with Crippen LogP contribution in [0.15, 0.2) is 53.3 Å². The van der Waals surface area contributed by atoms with Gasteiger partial charge in [-0.1, -0.05) is 30.3 Å². The molecule has 1 heterocycles. The Kier molecular flexibility index (Phi) is 4.15. The van der Waals surface area contributed by atoms with Gasteiger partial charge in [0, 0.05) is 12.0 Å². The normalized spacial score (nSPS) is 12.0. The van der Waals surface area contributed by atoms with Crippen LogP contribution in [-0.2, 0) is 11.2 Å². The number of hydrogen-bond donors (Lipinski definition) is 4. The molecule has 0 bridgehead atoms. The molecule has 0 spiro atoms. The van der Waals surface area contributed by atoms with Gasteiger partial charge in [0.05, 0.1) is 11.0 Å². The summed E-state index contributed by atoms with van der Waals surface area (Å²) in [6.45, 7) is 0. The zero-order chi connectivity index (χ0) is 17.1. The van der Waals surface area contributed by atoms with E-state index < -0.39 is 17.9 Å². The van der Waals surface area contributed by atoms with E-state index in [0.717, 1.165) is 5.56 Å². The number of nitrogens with one attached hydrogen (secondary N) is 3. The van der Waals surface area contributed by atoms with Crippen molar-refractivity contribution in [3.63, 3.8) is 0 Å². The minimum absolute atomic E-state index is 0.186. The first-order valence-corrected chi connectivity index (χ1v) is 7.32. The molecule has 0 aliphatic rings. The summed E-state index contributed by atoms with van der Waals surface area (Å²) in [6, 6.07) is 12.7. The minimum atomic E-state index is -1.11. The molecular weight excluding hydrogens is 310 g/mol. The van der Waals surface area contributed by atoms with E-state index in [1.165, 1.54) is 12.1 Å². The zero-order valence-corrected chi connectivity index (χ0v) is 12.6. The van der Waals surface area contributed by atoms with Crippen LogP contribution in [0.4, 0.5) is 0 Å². The quantitative estimate of drug-likeness (QED) is 0.565. The maximum atomic E-state index is 12.3. The lowest BCUT2D eigenvalue weighted by Gasteiger charge is -2.14. The Labute approximate surface area is 136 Å². The van der Waals surface area contributed by atoms with Crippen molar-refractivity contribution >= 4 is 22.9 Å². The molecule has 0 fully saturated rings. The monoisotopic (exact) mass is 325 g/mol. The van der Waals surface area contributed by atoms with Crippen LogP contribution in [0.5, 0.6) is 0 Å². The summed E-state index contributed by atoms with van der Waals surface area (Å²) < 4.78 is 0.